The first-order valence-electron chi connectivity index (χ1n) is 8.15. The van der Waals surface area contributed by atoms with Crippen LogP contribution < -0.4 is 5.32 Å². The zero-order valence-corrected chi connectivity index (χ0v) is 12.8. The van der Waals surface area contributed by atoms with Crippen LogP contribution in [0.3, 0.4) is 0 Å². The third-order valence-corrected chi connectivity index (χ3v) is 4.97. The molecule has 1 amide bonds. The van der Waals surface area contributed by atoms with Crippen LogP contribution in [-0.2, 0) is 4.79 Å². The number of nitriles is 1. The molecule has 1 aliphatic carbocycles. The molecular formula is C16H23N5O. The van der Waals surface area contributed by atoms with Crippen LogP contribution in [0.5, 0.6) is 0 Å². The molecule has 3 rings (SSSR count). The SMILES string of the molecule is N#CC1(NC(=O)CN2CCC(c3ccn[nH]3)CC2)CCCC1. The summed E-state index contributed by atoms with van der Waals surface area (Å²) >= 11 is 0. The maximum Gasteiger partial charge on any atom is 0.235 e. The van der Waals surface area contributed by atoms with Crippen LogP contribution >= 0.6 is 0 Å². The summed E-state index contributed by atoms with van der Waals surface area (Å²) in [5.41, 5.74) is 0.587. The van der Waals surface area contributed by atoms with Crippen molar-refractivity contribution >= 4 is 5.91 Å². The molecule has 0 bridgehead atoms. The van der Waals surface area contributed by atoms with Crippen LogP contribution in [0.2, 0.25) is 0 Å². The van der Waals surface area contributed by atoms with Gasteiger partial charge in [0.05, 0.1) is 12.6 Å². The zero-order valence-electron chi connectivity index (χ0n) is 12.8. The Hall–Kier alpha value is -1.87. The van der Waals surface area contributed by atoms with Crippen molar-refractivity contribution in [3.8, 4) is 6.07 Å². The molecule has 2 N–H and O–H groups in total. The predicted molar refractivity (Wildman–Crippen MR) is 82.0 cm³/mol. The molecule has 0 unspecified atom stereocenters. The van der Waals surface area contributed by atoms with Crippen molar-refractivity contribution < 1.29 is 4.79 Å². The fourth-order valence-electron chi connectivity index (χ4n) is 3.65. The Bertz CT molecular complexity index is 533. The van der Waals surface area contributed by atoms with Gasteiger partial charge in [-0.05, 0) is 57.7 Å². The Morgan fingerprint density at radius 3 is 2.77 bits per heavy atom. The first kappa shape index (κ1) is 15.0. The average molecular weight is 301 g/mol. The molecule has 2 aliphatic rings. The van der Waals surface area contributed by atoms with Gasteiger partial charge in [-0.25, -0.2) is 0 Å². The molecule has 1 aromatic rings. The van der Waals surface area contributed by atoms with Crippen LogP contribution in [0, 0.1) is 11.3 Å². The van der Waals surface area contributed by atoms with Gasteiger partial charge >= 0.3 is 0 Å². The maximum absolute atomic E-state index is 12.2. The van der Waals surface area contributed by atoms with E-state index in [4.69, 9.17) is 0 Å². The molecule has 6 heteroatoms. The highest BCUT2D eigenvalue weighted by Gasteiger charge is 2.35. The number of H-pyrrole nitrogens is 1. The van der Waals surface area contributed by atoms with Crippen molar-refractivity contribution in [3.05, 3.63) is 18.0 Å². The maximum atomic E-state index is 12.2. The van der Waals surface area contributed by atoms with Crippen molar-refractivity contribution in [2.75, 3.05) is 19.6 Å². The van der Waals surface area contributed by atoms with Crippen molar-refractivity contribution in [1.82, 2.24) is 20.4 Å². The second-order valence-corrected chi connectivity index (χ2v) is 6.51. The Morgan fingerprint density at radius 2 is 2.18 bits per heavy atom. The number of nitrogens with zero attached hydrogens (tertiary/aromatic N) is 3. The molecule has 118 valence electrons. The first-order chi connectivity index (χ1) is 10.7. The van der Waals surface area contributed by atoms with E-state index in [9.17, 15) is 10.1 Å². The lowest BCUT2D eigenvalue weighted by molar-refractivity contribution is -0.123. The topological polar surface area (TPSA) is 84.8 Å². The normalized spacial score (nSPS) is 22.3. The summed E-state index contributed by atoms with van der Waals surface area (Å²) in [7, 11) is 0. The van der Waals surface area contributed by atoms with Crippen LogP contribution in [-0.4, -0.2) is 46.2 Å². The first-order valence-corrected chi connectivity index (χ1v) is 8.15. The van der Waals surface area contributed by atoms with Gasteiger partial charge in [0.15, 0.2) is 0 Å². The lowest BCUT2D eigenvalue weighted by atomic mass is 9.93. The lowest BCUT2D eigenvalue weighted by Gasteiger charge is -2.32. The molecule has 2 heterocycles. The predicted octanol–water partition coefficient (Wildman–Crippen LogP) is 1.54. The standard InChI is InChI=1S/C16H23N5O/c17-12-16(6-1-2-7-16)19-15(22)11-21-9-4-13(5-10-21)14-3-8-18-20-14/h3,8,13H,1-2,4-7,9-11H2,(H,18,20)(H,19,22). The molecule has 1 aliphatic heterocycles. The van der Waals surface area contributed by atoms with Crippen LogP contribution in [0.4, 0.5) is 0 Å². The van der Waals surface area contributed by atoms with E-state index in [-0.39, 0.29) is 5.91 Å². The Labute approximate surface area is 130 Å². The Morgan fingerprint density at radius 1 is 1.45 bits per heavy atom. The van der Waals surface area contributed by atoms with E-state index < -0.39 is 5.54 Å². The number of amides is 1. The molecular weight excluding hydrogens is 278 g/mol. The highest BCUT2D eigenvalue weighted by molar-refractivity contribution is 5.79. The molecule has 22 heavy (non-hydrogen) atoms. The second kappa shape index (κ2) is 6.49. The quantitative estimate of drug-likeness (QED) is 0.883. The van der Waals surface area contributed by atoms with Crippen LogP contribution in [0.15, 0.2) is 12.3 Å². The van der Waals surface area contributed by atoms with Gasteiger partial charge in [-0.1, -0.05) is 0 Å². The van der Waals surface area contributed by atoms with Crippen LogP contribution in [0.25, 0.3) is 0 Å². The number of aromatic nitrogens is 2. The number of hydrogen-bond acceptors (Lipinski definition) is 4. The van der Waals surface area contributed by atoms with E-state index in [0.717, 1.165) is 51.6 Å². The zero-order chi connectivity index (χ0) is 15.4. The number of hydrogen-bond donors (Lipinski definition) is 2. The molecule has 1 saturated heterocycles. The third-order valence-electron chi connectivity index (χ3n) is 4.97. The Balaban J connectivity index is 1.46. The molecule has 0 radical (unpaired) electrons. The number of carbonyl (C=O) groups excluding carboxylic acids is 1. The van der Waals surface area contributed by atoms with E-state index in [1.807, 2.05) is 6.07 Å². The van der Waals surface area contributed by atoms with Crippen LogP contribution in [0.1, 0.15) is 50.1 Å². The second-order valence-electron chi connectivity index (χ2n) is 6.51. The van der Waals surface area contributed by atoms with Crippen molar-refractivity contribution in [2.45, 2.75) is 50.0 Å². The average Bonchev–Trinajstić information content (AvgIpc) is 3.20. The van der Waals surface area contributed by atoms with E-state index >= 15 is 0 Å². The minimum atomic E-state index is -0.606. The summed E-state index contributed by atoms with van der Waals surface area (Å²) in [6.07, 6.45) is 7.51. The highest BCUT2D eigenvalue weighted by atomic mass is 16.2. The smallest absolute Gasteiger partial charge is 0.235 e. The van der Waals surface area contributed by atoms with Gasteiger partial charge in [-0.2, -0.15) is 10.4 Å². The summed E-state index contributed by atoms with van der Waals surface area (Å²) in [6, 6.07) is 4.34. The third kappa shape index (κ3) is 3.30. The summed E-state index contributed by atoms with van der Waals surface area (Å²) in [6.45, 7) is 2.23. The molecule has 2 fully saturated rings. The minimum Gasteiger partial charge on any atom is -0.337 e. The number of rotatable bonds is 4. The van der Waals surface area contributed by atoms with E-state index in [0.29, 0.717) is 12.5 Å². The summed E-state index contributed by atoms with van der Waals surface area (Å²) in [5.74, 6) is 0.505. The Kier molecular flexibility index (Phi) is 4.44. The highest BCUT2D eigenvalue weighted by Crippen LogP contribution is 2.29. The molecule has 0 atom stereocenters. The summed E-state index contributed by atoms with van der Waals surface area (Å²) < 4.78 is 0. The summed E-state index contributed by atoms with van der Waals surface area (Å²) in [5, 5.41) is 19.3. The van der Waals surface area contributed by atoms with Crippen molar-refractivity contribution in [3.63, 3.8) is 0 Å². The number of piperidine rings is 1. The monoisotopic (exact) mass is 301 g/mol. The van der Waals surface area contributed by atoms with Crippen molar-refractivity contribution in [1.29, 1.82) is 5.26 Å². The summed E-state index contributed by atoms with van der Waals surface area (Å²) in [4.78, 5) is 14.4. The van der Waals surface area contributed by atoms with Gasteiger partial charge in [-0.15, -0.1) is 0 Å². The van der Waals surface area contributed by atoms with E-state index in [1.165, 1.54) is 5.69 Å². The molecule has 6 nitrogen and oxygen atoms in total. The fraction of sp³-hybridized carbons (Fsp3) is 0.688. The van der Waals surface area contributed by atoms with Crippen molar-refractivity contribution in [2.24, 2.45) is 0 Å². The molecule has 1 saturated carbocycles. The van der Waals surface area contributed by atoms with Gasteiger partial charge in [0.2, 0.25) is 5.91 Å². The largest absolute Gasteiger partial charge is 0.337 e. The van der Waals surface area contributed by atoms with Gasteiger partial charge in [-0.3, -0.25) is 14.8 Å². The fourth-order valence-corrected chi connectivity index (χ4v) is 3.65. The number of nitrogens with one attached hydrogen (secondary N) is 2. The number of carbonyl (C=O) groups is 1. The van der Waals surface area contributed by atoms with Gasteiger partial charge in [0.1, 0.15) is 5.54 Å². The van der Waals surface area contributed by atoms with E-state index in [1.54, 1.807) is 6.20 Å². The van der Waals surface area contributed by atoms with Gasteiger partial charge in [0, 0.05) is 17.8 Å². The molecule has 0 spiro atoms. The minimum absolute atomic E-state index is 0.0107. The lowest BCUT2D eigenvalue weighted by Crippen LogP contribution is -2.50. The van der Waals surface area contributed by atoms with Gasteiger partial charge < -0.3 is 5.32 Å². The van der Waals surface area contributed by atoms with Gasteiger partial charge in [0.25, 0.3) is 0 Å². The molecule has 1 aromatic heterocycles. The molecule has 0 aromatic carbocycles. The van der Waals surface area contributed by atoms with E-state index in [2.05, 4.69) is 26.5 Å². The number of aromatic amines is 1. The number of likely N-dealkylation sites (tertiary alicyclic amines) is 1.